The van der Waals surface area contributed by atoms with Gasteiger partial charge in [0.05, 0.1) is 38.4 Å². The van der Waals surface area contributed by atoms with Crippen LogP contribution in [-0.4, -0.2) is 177 Å². The summed E-state index contributed by atoms with van der Waals surface area (Å²) in [4.78, 5) is 131. The second-order valence-electron chi connectivity index (χ2n) is 23.4. The van der Waals surface area contributed by atoms with E-state index in [9.17, 15) is 43.2 Å². The van der Waals surface area contributed by atoms with Crippen LogP contribution in [0.2, 0.25) is 0 Å². The second kappa shape index (κ2) is 30.7. The van der Waals surface area contributed by atoms with Crippen LogP contribution in [0.4, 0.5) is 0 Å². The molecule has 1 saturated heterocycles. The lowest BCUT2D eigenvalue weighted by molar-refractivity contribution is -0.165. The zero-order valence-corrected chi connectivity index (χ0v) is 50.0. The Morgan fingerprint density at radius 2 is 1.44 bits per heavy atom. The van der Waals surface area contributed by atoms with Crippen LogP contribution in [0.25, 0.3) is 0 Å². The Bertz CT molecular complexity index is 2560. The van der Waals surface area contributed by atoms with Gasteiger partial charge in [-0.1, -0.05) is 52.0 Å². The van der Waals surface area contributed by atoms with E-state index in [1.54, 1.807) is 58.2 Å². The SMILES string of the molecule is COc1ccc(CC[C@H]2OC(=O)[C@@H]3CCCCN3C(=O)C(=O)C(C)(C)COC(=O)C=CCCN(C)C(=O)[C@H](CC(C)C)NC(=O)[C@H](COC(C)(C)C)N(C)C(=O)[C@@H](CC(C)C)NC(=O)CN(C)C(=O)COc3cccc2c3)cc1OC. The number of ether oxygens (including phenoxy) is 6. The average Bonchev–Trinajstić information content (AvgIpc) is 3.43. The van der Waals surface area contributed by atoms with Gasteiger partial charge in [-0.15, -0.1) is 0 Å². The number of amides is 6. The molecular formula is C60H88N6O15. The fraction of sp³-hybridized carbons (Fsp3) is 0.617. The van der Waals surface area contributed by atoms with Crippen LogP contribution in [-0.2, 0) is 63.8 Å². The lowest BCUT2D eigenvalue weighted by Crippen LogP contribution is -2.59. The maximum Gasteiger partial charge on any atom is 0.330 e. The Balaban J connectivity index is 1.71. The number of cyclic esters (lactones) is 2. The van der Waals surface area contributed by atoms with Gasteiger partial charge in [-0.3, -0.25) is 33.6 Å². The highest BCUT2D eigenvalue weighted by Crippen LogP contribution is 2.33. The molecule has 0 saturated carbocycles. The highest BCUT2D eigenvalue weighted by molar-refractivity contribution is 6.38. The van der Waals surface area contributed by atoms with E-state index in [1.807, 2.05) is 39.8 Å². The predicted octanol–water partition coefficient (Wildman–Crippen LogP) is 5.40. The van der Waals surface area contributed by atoms with E-state index in [-0.39, 0.29) is 69.4 Å². The quantitative estimate of drug-likeness (QED) is 0.211. The smallest absolute Gasteiger partial charge is 0.330 e. The number of Topliss-reactive ketones (excluding diaryl/α,β-unsaturated/α-hetero) is 1. The van der Waals surface area contributed by atoms with Crippen molar-refractivity contribution >= 4 is 53.2 Å². The zero-order chi connectivity index (χ0) is 60.4. The van der Waals surface area contributed by atoms with Crippen LogP contribution in [0.1, 0.15) is 124 Å². The van der Waals surface area contributed by atoms with Gasteiger partial charge in [-0.2, -0.15) is 0 Å². The maximum absolute atomic E-state index is 14.5. The zero-order valence-electron chi connectivity index (χ0n) is 50.0. The van der Waals surface area contributed by atoms with Crippen molar-refractivity contribution < 1.29 is 71.6 Å². The minimum Gasteiger partial charge on any atom is -0.493 e. The van der Waals surface area contributed by atoms with Crippen molar-refractivity contribution in [2.45, 2.75) is 150 Å². The fourth-order valence-electron chi connectivity index (χ4n) is 9.22. The van der Waals surface area contributed by atoms with Crippen molar-refractivity contribution in [1.82, 2.24) is 30.2 Å². The number of nitrogens with one attached hydrogen (secondary N) is 2. The Labute approximate surface area is 478 Å². The van der Waals surface area contributed by atoms with Gasteiger partial charge in [-0.05, 0) is 133 Å². The molecule has 2 aromatic rings. The van der Waals surface area contributed by atoms with E-state index in [1.165, 1.54) is 69.0 Å². The highest BCUT2D eigenvalue weighted by Gasteiger charge is 2.43. The number of fused-ring (bicyclic) bond motifs is 3. The lowest BCUT2D eigenvalue weighted by atomic mass is 9.87. The number of likely N-dealkylation sites (N-methyl/N-ethyl adjacent to an activating group) is 3. The molecular weight excluding hydrogens is 1040 g/mol. The van der Waals surface area contributed by atoms with Gasteiger partial charge in [0.2, 0.25) is 29.4 Å². The molecule has 2 N–H and O–H groups in total. The topological polar surface area (TPSA) is 246 Å². The Morgan fingerprint density at radius 3 is 2.09 bits per heavy atom. The number of esters is 2. The first kappa shape index (κ1) is 66.5. The minimum absolute atomic E-state index is 0.0462. The molecule has 0 spiro atoms. The second-order valence-corrected chi connectivity index (χ2v) is 23.4. The summed E-state index contributed by atoms with van der Waals surface area (Å²) in [5.41, 5.74) is -0.878. The van der Waals surface area contributed by atoms with Gasteiger partial charge >= 0.3 is 11.9 Å². The third-order valence-corrected chi connectivity index (χ3v) is 13.9. The van der Waals surface area contributed by atoms with Gasteiger partial charge in [0, 0.05) is 40.3 Å². The van der Waals surface area contributed by atoms with Gasteiger partial charge in [0.15, 0.2) is 18.1 Å². The molecule has 2 heterocycles. The summed E-state index contributed by atoms with van der Waals surface area (Å²) in [6.45, 7) is 14.5. The van der Waals surface area contributed by atoms with Crippen molar-refractivity contribution in [3.05, 3.63) is 65.7 Å². The number of hydrogen-bond donors (Lipinski definition) is 2. The molecule has 21 nitrogen and oxygen atoms in total. The number of benzene rings is 2. The number of carbonyl (C=O) groups excluding carboxylic acids is 9. The molecule has 1 fully saturated rings. The molecule has 4 rings (SSSR count). The summed E-state index contributed by atoms with van der Waals surface area (Å²) in [6, 6.07) is 7.61. The molecule has 2 aromatic carbocycles. The first-order valence-electron chi connectivity index (χ1n) is 27.9. The fourth-order valence-corrected chi connectivity index (χ4v) is 9.22. The third kappa shape index (κ3) is 20.5. The van der Waals surface area contributed by atoms with Crippen molar-refractivity contribution in [2.75, 3.05) is 74.8 Å². The van der Waals surface area contributed by atoms with E-state index in [0.717, 1.165) is 10.5 Å². The standard InChI is InChI=1S/C60H88N6O15/c1-38(2)30-43-55(72)63(10)28-17-16-23-52(69)79-37-60(8,9)53(70)57(74)66-29-18-15-22-45(66)58(75)81-47(26-24-40-25-27-48(76-13)49(32-40)77-14)41-20-19-21-42(33-41)78-36-51(68)64(11)34-50(67)61-44(31-39(3)4)56(73)65(12)46(54(71)62-43)35-80-59(5,6)7/h16,19-21,23,25,27,32-33,38-39,43-47H,15,17-18,22,24,26,28-31,34-37H2,1-14H3,(H,61,67)(H,62,71)/t43-,44+,45-,46-,47+/m0/s1. The summed E-state index contributed by atoms with van der Waals surface area (Å²) < 4.78 is 34.8. The van der Waals surface area contributed by atoms with E-state index in [0.29, 0.717) is 36.3 Å². The van der Waals surface area contributed by atoms with Gasteiger partial charge in [0.25, 0.3) is 11.8 Å². The molecule has 2 aliphatic rings. The number of methoxy groups -OCH3 is 2. The van der Waals surface area contributed by atoms with E-state index < -0.39 is 114 Å². The Hall–Kier alpha value is -7.03. The minimum atomic E-state index is -1.49. The number of hydrogen-bond acceptors (Lipinski definition) is 15. The van der Waals surface area contributed by atoms with Crippen LogP contribution in [0, 0.1) is 17.3 Å². The van der Waals surface area contributed by atoms with Crippen molar-refractivity contribution in [2.24, 2.45) is 17.3 Å². The summed E-state index contributed by atoms with van der Waals surface area (Å²) in [5.74, 6) is -5.05. The largest absolute Gasteiger partial charge is 0.493 e. The monoisotopic (exact) mass is 1130 g/mol. The Kier molecular flexibility index (Phi) is 25.2. The van der Waals surface area contributed by atoms with Gasteiger partial charge < -0.3 is 58.7 Å². The highest BCUT2D eigenvalue weighted by atomic mass is 16.5. The van der Waals surface area contributed by atoms with Gasteiger partial charge in [-0.25, -0.2) is 9.59 Å². The van der Waals surface area contributed by atoms with E-state index in [4.69, 9.17) is 28.4 Å². The van der Waals surface area contributed by atoms with Crippen molar-refractivity contribution in [1.29, 1.82) is 0 Å². The van der Waals surface area contributed by atoms with Crippen LogP contribution in [0.15, 0.2) is 54.6 Å². The van der Waals surface area contributed by atoms with Gasteiger partial charge in [0.1, 0.15) is 42.6 Å². The molecule has 0 radical (unpaired) electrons. The number of piperidine rings is 1. The molecule has 448 valence electrons. The number of carbonyl (C=O) groups is 9. The average molecular weight is 1130 g/mol. The summed E-state index contributed by atoms with van der Waals surface area (Å²) in [5, 5.41) is 5.65. The molecule has 0 aromatic heterocycles. The predicted molar refractivity (Wildman–Crippen MR) is 302 cm³/mol. The molecule has 21 heteroatoms. The first-order chi connectivity index (χ1) is 38.0. The normalized spacial score (nSPS) is 22.6. The number of nitrogens with zero attached hydrogens (tertiary/aromatic N) is 4. The lowest BCUT2D eigenvalue weighted by Gasteiger charge is -2.36. The van der Waals surface area contributed by atoms with Crippen LogP contribution >= 0.6 is 0 Å². The number of aryl methyl sites for hydroxylation is 1. The van der Waals surface area contributed by atoms with Crippen LogP contribution in [0.5, 0.6) is 17.2 Å². The molecule has 81 heavy (non-hydrogen) atoms. The summed E-state index contributed by atoms with van der Waals surface area (Å²) in [7, 11) is 7.47. The molecule has 0 aliphatic carbocycles. The number of rotatable bonds is 11. The van der Waals surface area contributed by atoms with Crippen molar-refractivity contribution in [3.63, 3.8) is 0 Å². The van der Waals surface area contributed by atoms with Crippen LogP contribution < -0.4 is 24.8 Å². The van der Waals surface area contributed by atoms with Crippen molar-refractivity contribution in [3.8, 4) is 17.2 Å². The molecule has 5 atom stereocenters. The van der Waals surface area contributed by atoms with E-state index in [2.05, 4.69) is 10.6 Å². The molecule has 2 aliphatic heterocycles. The summed E-state index contributed by atoms with van der Waals surface area (Å²) >= 11 is 0. The molecule has 2 bridgehead atoms. The molecule has 6 amide bonds. The maximum atomic E-state index is 14.5. The third-order valence-electron chi connectivity index (χ3n) is 13.9. The Morgan fingerprint density at radius 1 is 0.778 bits per heavy atom. The summed E-state index contributed by atoms with van der Waals surface area (Å²) in [6.07, 6.45) is 4.36. The molecule has 0 unspecified atom stereocenters. The van der Waals surface area contributed by atoms with E-state index >= 15 is 0 Å². The van der Waals surface area contributed by atoms with Crippen LogP contribution in [0.3, 0.4) is 0 Å². The first-order valence-corrected chi connectivity index (χ1v) is 27.9. The number of ketones is 1.